The fourth-order valence-corrected chi connectivity index (χ4v) is 3.76. The van der Waals surface area contributed by atoms with E-state index in [0.717, 1.165) is 16.8 Å². The van der Waals surface area contributed by atoms with Crippen LogP contribution in [0.4, 0.5) is 4.79 Å². The Morgan fingerprint density at radius 2 is 1.84 bits per heavy atom. The van der Waals surface area contributed by atoms with Gasteiger partial charge in [0.25, 0.3) is 0 Å². The van der Waals surface area contributed by atoms with Gasteiger partial charge < -0.3 is 23.8 Å². The number of carbonyl (C=O) groups excluding carboxylic acids is 1. The van der Waals surface area contributed by atoms with Crippen LogP contribution in [0.2, 0.25) is 0 Å². The minimum atomic E-state index is -0.516. The number of aromatic nitrogens is 1. The Balaban J connectivity index is 1.44. The SMILES string of the molecule is CC1CN(C(=O)OC(C)(C)C)CC1Oc1cccc(-c2cccc(C3OCCO3)c2)n1. The van der Waals surface area contributed by atoms with Crippen LogP contribution in [-0.4, -0.2) is 54.0 Å². The smallest absolute Gasteiger partial charge is 0.410 e. The van der Waals surface area contributed by atoms with Crippen LogP contribution in [0, 0.1) is 5.92 Å². The molecule has 1 aromatic heterocycles. The van der Waals surface area contributed by atoms with Crippen molar-refractivity contribution in [3.05, 3.63) is 48.0 Å². The van der Waals surface area contributed by atoms with Crippen LogP contribution in [0.15, 0.2) is 42.5 Å². The van der Waals surface area contributed by atoms with Crippen LogP contribution in [0.1, 0.15) is 39.5 Å². The second-order valence-corrected chi connectivity index (χ2v) is 9.08. The van der Waals surface area contributed by atoms with Gasteiger partial charge in [0.2, 0.25) is 5.88 Å². The van der Waals surface area contributed by atoms with Crippen molar-refractivity contribution in [3.63, 3.8) is 0 Å². The molecule has 0 bridgehead atoms. The molecule has 2 aromatic rings. The molecule has 0 spiro atoms. The summed E-state index contributed by atoms with van der Waals surface area (Å²) in [5, 5.41) is 0. The number of amides is 1. The van der Waals surface area contributed by atoms with Crippen LogP contribution >= 0.6 is 0 Å². The highest BCUT2D eigenvalue weighted by molar-refractivity contribution is 5.68. The highest BCUT2D eigenvalue weighted by atomic mass is 16.7. The summed E-state index contributed by atoms with van der Waals surface area (Å²) in [5.74, 6) is 0.720. The van der Waals surface area contributed by atoms with E-state index in [2.05, 4.69) is 6.92 Å². The van der Waals surface area contributed by atoms with Crippen molar-refractivity contribution in [2.24, 2.45) is 5.92 Å². The third kappa shape index (κ3) is 5.35. The molecule has 0 radical (unpaired) electrons. The molecular formula is C24H30N2O5. The van der Waals surface area contributed by atoms with Crippen LogP contribution in [0.25, 0.3) is 11.3 Å². The summed E-state index contributed by atoms with van der Waals surface area (Å²) in [6.07, 6.45) is -0.764. The number of hydrogen-bond donors (Lipinski definition) is 0. The Labute approximate surface area is 183 Å². The van der Waals surface area contributed by atoms with E-state index in [1.54, 1.807) is 4.90 Å². The average Bonchev–Trinajstić information content (AvgIpc) is 3.38. The molecule has 166 valence electrons. The van der Waals surface area contributed by atoms with Crippen molar-refractivity contribution in [1.29, 1.82) is 0 Å². The van der Waals surface area contributed by atoms with Crippen LogP contribution in [0.5, 0.6) is 5.88 Å². The van der Waals surface area contributed by atoms with Gasteiger partial charge >= 0.3 is 6.09 Å². The third-order valence-electron chi connectivity index (χ3n) is 5.27. The zero-order valence-electron chi connectivity index (χ0n) is 18.5. The van der Waals surface area contributed by atoms with E-state index in [9.17, 15) is 4.79 Å². The molecule has 4 rings (SSSR count). The van der Waals surface area contributed by atoms with Gasteiger partial charge in [0, 0.05) is 29.7 Å². The van der Waals surface area contributed by atoms with E-state index in [0.29, 0.717) is 32.2 Å². The molecule has 0 aliphatic carbocycles. The predicted molar refractivity (Wildman–Crippen MR) is 116 cm³/mol. The summed E-state index contributed by atoms with van der Waals surface area (Å²) in [6, 6.07) is 13.7. The first-order chi connectivity index (χ1) is 14.8. The fourth-order valence-electron chi connectivity index (χ4n) is 3.76. The lowest BCUT2D eigenvalue weighted by Crippen LogP contribution is -2.36. The molecule has 3 heterocycles. The van der Waals surface area contributed by atoms with E-state index in [4.69, 9.17) is 23.9 Å². The van der Waals surface area contributed by atoms with E-state index >= 15 is 0 Å². The number of pyridine rings is 1. The highest BCUT2D eigenvalue weighted by Gasteiger charge is 2.36. The van der Waals surface area contributed by atoms with Gasteiger partial charge in [0.05, 0.1) is 25.5 Å². The molecule has 31 heavy (non-hydrogen) atoms. The van der Waals surface area contributed by atoms with Gasteiger partial charge in [-0.25, -0.2) is 9.78 Å². The molecule has 2 unspecified atom stereocenters. The van der Waals surface area contributed by atoms with Gasteiger partial charge in [-0.2, -0.15) is 0 Å². The maximum Gasteiger partial charge on any atom is 0.410 e. The maximum atomic E-state index is 12.4. The Kier molecular flexibility index (Phi) is 6.16. The Morgan fingerprint density at radius 1 is 1.10 bits per heavy atom. The quantitative estimate of drug-likeness (QED) is 0.720. The molecule has 7 nitrogen and oxygen atoms in total. The summed E-state index contributed by atoms with van der Waals surface area (Å²) >= 11 is 0. The highest BCUT2D eigenvalue weighted by Crippen LogP contribution is 2.29. The van der Waals surface area contributed by atoms with Crippen molar-refractivity contribution in [2.45, 2.75) is 45.7 Å². The topological polar surface area (TPSA) is 70.1 Å². The molecular weight excluding hydrogens is 396 g/mol. The summed E-state index contributed by atoms with van der Waals surface area (Å²) in [5.41, 5.74) is 2.24. The number of likely N-dealkylation sites (tertiary alicyclic amines) is 1. The van der Waals surface area contributed by atoms with E-state index in [1.165, 1.54) is 0 Å². The van der Waals surface area contributed by atoms with Gasteiger partial charge in [0.1, 0.15) is 11.7 Å². The molecule has 1 aromatic carbocycles. The van der Waals surface area contributed by atoms with Gasteiger partial charge in [-0.3, -0.25) is 0 Å². The lowest BCUT2D eigenvalue weighted by molar-refractivity contribution is -0.0440. The molecule has 1 amide bonds. The zero-order valence-corrected chi connectivity index (χ0v) is 18.5. The minimum absolute atomic E-state index is 0.137. The first-order valence-corrected chi connectivity index (χ1v) is 10.7. The zero-order chi connectivity index (χ0) is 22.0. The molecule has 2 aliphatic rings. The molecule has 2 aliphatic heterocycles. The molecule has 2 saturated heterocycles. The number of nitrogens with zero attached hydrogens (tertiary/aromatic N) is 2. The Morgan fingerprint density at radius 3 is 2.58 bits per heavy atom. The molecule has 2 atom stereocenters. The lowest BCUT2D eigenvalue weighted by Gasteiger charge is -2.24. The largest absolute Gasteiger partial charge is 0.472 e. The van der Waals surface area contributed by atoms with Gasteiger partial charge in [-0.05, 0) is 32.9 Å². The number of rotatable bonds is 4. The van der Waals surface area contributed by atoms with E-state index in [-0.39, 0.29) is 24.4 Å². The summed E-state index contributed by atoms with van der Waals surface area (Å²) in [6.45, 7) is 9.97. The third-order valence-corrected chi connectivity index (χ3v) is 5.27. The number of hydrogen-bond acceptors (Lipinski definition) is 6. The standard InChI is InChI=1S/C24H30N2O5/c1-16-14-26(23(27)31-24(2,3)4)15-20(16)30-21-10-6-9-19(25-21)17-7-5-8-18(13-17)22-28-11-12-29-22/h5-10,13,16,20,22H,11-12,14-15H2,1-4H3. The lowest BCUT2D eigenvalue weighted by atomic mass is 10.1. The Hall–Kier alpha value is -2.64. The minimum Gasteiger partial charge on any atom is -0.472 e. The van der Waals surface area contributed by atoms with Gasteiger partial charge in [0.15, 0.2) is 6.29 Å². The summed E-state index contributed by atoms with van der Waals surface area (Å²) in [4.78, 5) is 18.8. The van der Waals surface area contributed by atoms with Crippen LogP contribution in [0.3, 0.4) is 0 Å². The molecule has 0 saturated carbocycles. The van der Waals surface area contributed by atoms with Crippen LogP contribution in [-0.2, 0) is 14.2 Å². The van der Waals surface area contributed by atoms with Crippen molar-refractivity contribution in [3.8, 4) is 17.1 Å². The maximum absolute atomic E-state index is 12.4. The number of ether oxygens (including phenoxy) is 4. The Bertz CT molecular complexity index is 920. The number of carbonyl (C=O) groups is 1. The van der Waals surface area contributed by atoms with Crippen LogP contribution < -0.4 is 4.74 Å². The summed E-state index contributed by atoms with van der Waals surface area (Å²) in [7, 11) is 0. The molecule has 7 heteroatoms. The van der Waals surface area contributed by atoms with Crippen molar-refractivity contribution >= 4 is 6.09 Å². The summed E-state index contributed by atoms with van der Waals surface area (Å²) < 4.78 is 22.9. The first kappa shape index (κ1) is 21.6. The normalized spacial score (nSPS) is 22.0. The average molecular weight is 427 g/mol. The molecule has 0 N–H and O–H groups in total. The van der Waals surface area contributed by atoms with E-state index in [1.807, 2.05) is 63.2 Å². The van der Waals surface area contributed by atoms with Gasteiger partial charge in [-0.1, -0.05) is 31.2 Å². The number of benzene rings is 1. The predicted octanol–water partition coefficient (Wildman–Crippen LogP) is 4.43. The second kappa shape index (κ2) is 8.85. The van der Waals surface area contributed by atoms with Gasteiger partial charge in [-0.15, -0.1) is 0 Å². The second-order valence-electron chi connectivity index (χ2n) is 9.08. The van der Waals surface area contributed by atoms with Crippen molar-refractivity contribution < 1.29 is 23.7 Å². The van der Waals surface area contributed by atoms with Crippen molar-refractivity contribution in [1.82, 2.24) is 9.88 Å². The first-order valence-electron chi connectivity index (χ1n) is 10.7. The monoisotopic (exact) mass is 426 g/mol. The van der Waals surface area contributed by atoms with Crippen molar-refractivity contribution in [2.75, 3.05) is 26.3 Å². The van der Waals surface area contributed by atoms with E-state index < -0.39 is 5.60 Å². The molecule has 2 fully saturated rings. The fraction of sp³-hybridized carbons (Fsp3) is 0.500.